The molecule has 4 aliphatic heterocycles. The fourth-order valence-electron chi connectivity index (χ4n) is 7.44. The fourth-order valence-corrected chi connectivity index (χ4v) is 7.44. The quantitative estimate of drug-likeness (QED) is 0.545. The Hall–Kier alpha value is -2.65. The molecule has 2 N–H and O–H groups in total. The average molecular weight is 567 g/mol. The zero-order chi connectivity index (χ0) is 28.8. The summed E-state index contributed by atoms with van der Waals surface area (Å²) in [5, 5.41) is 6.54. The minimum Gasteiger partial charge on any atom is -0.444 e. The number of hydrogen-bond acceptors (Lipinski definition) is 6. The zero-order valence-corrected chi connectivity index (χ0v) is 24.8. The molecule has 0 bridgehead atoms. The SMILES string of the molecule is CC(C)(C)OC(=O)N[C@H]1CC[C@H](NC[C@@H]2CCO2)C[C@H]2CC[C@@H](C(=O)N3C[C@@H](c4ccccc4)CC34CC4)N2C1=O. The van der Waals surface area contributed by atoms with Gasteiger partial charge < -0.3 is 29.9 Å². The van der Waals surface area contributed by atoms with Crippen LogP contribution in [0.4, 0.5) is 4.79 Å². The van der Waals surface area contributed by atoms with Crippen molar-refractivity contribution in [3.05, 3.63) is 35.9 Å². The summed E-state index contributed by atoms with van der Waals surface area (Å²) in [6.45, 7) is 7.75. The van der Waals surface area contributed by atoms with Gasteiger partial charge in [-0.25, -0.2) is 4.79 Å². The predicted molar refractivity (Wildman–Crippen MR) is 154 cm³/mol. The molecule has 1 saturated carbocycles. The van der Waals surface area contributed by atoms with Crippen molar-refractivity contribution in [2.24, 2.45) is 0 Å². The highest BCUT2D eigenvalue weighted by Gasteiger charge is 2.58. The summed E-state index contributed by atoms with van der Waals surface area (Å²) in [7, 11) is 0. The van der Waals surface area contributed by atoms with Crippen molar-refractivity contribution < 1.29 is 23.9 Å². The summed E-state index contributed by atoms with van der Waals surface area (Å²) >= 11 is 0. The lowest BCUT2D eigenvalue weighted by Gasteiger charge is -2.40. The lowest BCUT2D eigenvalue weighted by atomic mass is 9.94. The summed E-state index contributed by atoms with van der Waals surface area (Å²) in [6, 6.07) is 9.42. The third kappa shape index (κ3) is 6.12. The molecule has 9 nitrogen and oxygen atoms in total. The molecule has 0 aromatic heterocycles. The van der Waals surface area contributed by atoms with Crippen LogP contribution in [0.25, 0.3) is 0 Å². The van der Waals surface area contributed by atoms with Gasteiger partial charge in [-0.15, -0.1) is 0 Å². The van der Waals surface area contributed by atoms with E-state index in [1.807, 2.05) is 31.7 Å². The zero-order valence-electron chi connectivity index (χ0n) is 24.8. The third-order valence-corrected chi connectivity index (χ3v) is 9.79. The molecule has 3 amide bonds. The van der Waals surface area contributed by atoms with Gasteiger partial charge in [0.15, 0.2) is 0 Å². The summed E-state index contributed by atoms with van der Waals surface area (Å²) in [5.74, 6) is 0.258. The van der Waals surface area contributed by atoms with Crippen LogP contribution in [0.2, 0.25) is 0 Å². The number of amides is 3. The highest BCUT2D eigenvalue weighted by Crippen LogP contribution is 2.54. The van der Waals surface area contributed by atoms with Crippen molar-refractivity contribution in [3.8, 4) is 0 Å². The first kappa shape index (κ1) is 28.5. The number of hydrogen-bond donors (Lipinski definition) is 2. The van der Waals surface area contributed by atoms with Crippen molar-refractivity contribution in [1.82, 2.24) is 20.4 Å². The molecular weight excluding hydrogens is 520 g/mol. The number of alkyl carbamates (subject to hydrolysis) is 1. The third-order valence-electron chi connectivity index (χ3n) is 9.79. The number of carbonyl (C=O) groups is 3. The number of nitrogens with one attached hydrogen (secondary N) is 2. The molecule has 1 aromatic carbocycles. The van der Waals surface area contributed by atoms with E-state index in [-0.39, 0.29) is 35.5 Å². The van der Waals surface area contributed by atoms with Crippen LogP contribution < -0.4 is 10.6 Å². The number of fused-ring (bicyclic) bond motifs is 1. The molecule has 41 heavy (non-hydrogen) atoms. The fraction of sp³-hybridized carbons (Fsp3) is 0.719. The van der Waals surface area contributed by atoms with E-state index < -0.39 is 23.8 Å². The standard InChI is InChI=1S/C32H46N4O5/c1-31(2,3)41-30(39)34-26-11-9-23(33-19-25-13-16-40-25)17-24-10-12-27(36(24)28(26)37)29(38)35-20-22(18-32(35)14-15-32)21-7-5-4-6-8-21/h4-8,22-27,33H,9-20H2,1-3H3,(H,34,39)/t22-,23-,24+,25-,26-,27-/m0/s1. The number of ether oxygens (including phenoxy) is 2. The smallest absolute Gasteiger partial charge is 0.408 e. The van der Waals surface area contributed by atoms with Crippen LogP contribution in [0.3, 0.4) is 0 Å². The second-order valence-electron chi connectivity index (χ2n) is 13.9. The Morgan fingerprint density at radius 1 is 1.07 bits per heavy atom. The number of nitrogens with zero attached hydrogens (tertiary/aromatic N) is 2. The molecule has 4 saturated heterocycles. The molecule has 0 radical (unpaired) electrons. The lowest BCUT2D eigenvalue weighted by Crippen LogP contribution is -2.59. The molecule has 1 aliphatic carbocycles. The molecule has 9 heteroatoms. The van der Waals surface area contributed by atoms with Gasteiger partial charge in [-0.2, -0.15) is 0 Å². The maximum Gasteiger partial charge on any atom is 0.408 e. The Kier molecular flexibility index (Phi) is 7.78. The average Bonchev–Trinajstić information content (AvgIpc) is 3.38. The normalized spacial score (nSPS) is 32.6. The largest absolute Gasteiger partial charge is 0.444 e. The van der Waals surface area contributed by atoms with E-state index in [0.29, 0.717) is 25.3 Å². The van der Waals surface area contributed by atoms with E-state index in [0.717, 1.165) is 58.1 Å². The Morgan fingerprint density at radius 3 is 2.49 bits per heavy atom. The lowest BCUT2D eigenvalue weighted by molar-refractivity contribution is -0.148. The minimum absolute atomic E-state index is 0.0397. The second-order valence-corrected chi connectivity index (χ2v) is 13.9. The van der Waals surface area contributed by atoms with Gasteiger partial charge in [-0.3, -0.25) is 9.59 Å². The molecule has 0 unspecified atom stereocenters. The summed E-state index contributed by atoms with van der Waals surface area (Å²) in [4.78, 5) is 45.2. The maximum atomic E-state index is 14.3. The molecule has 6 rings (SSSR count). The Bertz CT molecular complexity index is 1130. The van der Waals surface area contributed by atoms with Crippen LogP contribution in [0.15, 0.2) is 30.3 Å². The van der Waals surface area contributed by atoms with Crippen molar-refractivity contribution in [2.45, 2.75) is 126 Å². The topological polar surface area (TPSA) is 100 Å². The van der Waals surface area contributed by atoms with Crippen molar-refractivity contribution in [3.63, 3.8) is 0 Å². The Balaban J connectivity index is 1.21. The Labute approximate surface area is 243 Å². The van der Waals surface area contributed by atoms with Gasteiger partial charge >= 0.3 is 6.09 Å². The Morgan fingerprint density at radius 2 is 1.83 bits per heavy atom. The van der Waals surface area contributed by atoms with Crippen LogP contribution in [-0.2, 0) is 19.1 Å². The molecule has 6 atom stereocenters. The van der Waals surface area contributed by atoms with E-state index in [1.54, 1.807) is 0 Å². The molecular formula is C32H46N4O5. The molecule has 1 spiro atoms. The van der Waals surface area contributed by atoms with Crippen LogP contribution in [-0.4, -0.2) is 88.8 Å². The van der Waals surface area contributed by atoms with Gasteiger partial charge in [-0.05, 0) is 84.1 Å². The first-order valence-electron chi connectivity index (χ1n) is 15.6. The highest BCUT2D eigenvalue weighted by atomic mass is 16.6. The summed E-state index contributed by atoms with van der Waals surface area (Å²) in [5.41, 5.74) is 0.550. The summed E-state index contributed by atoms with van der Waals surface area (Å²) < 4.78 is 11.1. The van der Waals surface area contributed by atoms with E-state index in [9.17, 15) is 14.4 Å². The van der Waals surface area contributed by atoms with Gasteiger partial charge in [0, 0.05) is 43.2 Å². The van der Waals surface area contributed by atoms with Crippen LogP contribution in [0.1, 0.15) is 90.0 Å². The van der Waals surface area contributed by atoms with Gasteiger partial charge in [-0.1, -0.05) is 30.3 Å². The van der Waals surface area contributed by atoms with Crippen molar-refractivity contribution in [1.29, 1.82) is 0 Å². The molecule has 4 heterocycles. The minimum atomic E-state index is -0.726. The second kappa shape index (κ2) is 11.2. The van der Waals surface area contributed by atoms with Gasteiger partial charge in [0.25, 0.3) is 0 Å². The molecule has 5 aliphatic rings. The van der Waals surface area contributed by atoms with Crippen molar-refractivity contribution >= 4 is 17.9 Å². The van der Waals surface area contributed by atoms with Gasteiger partial charge in [0.05, 0.1) is 6.10 Å². The van der Waals surface area contributed by atoms with E-state index in [4.69, 9.17) is 9.47 Å². The van der Waals surface area contributed by atoms with E-state index in [1.165, 1.54) is 5.56 Å². The number of likely N-dealkylation sites (tertiary alicyclic amines) is 1. The maximum absolute atomic E-state index is 14.3. The van der Waals surface area contributed by atoms with Gasteiger partial charge in [0.2, 0.25) is 11.8 Å². The van der Waals surface area contributed by atoms with E-state index >= 15 is 0 Å². The monoisotopic (exact) mass is 566 g/mol. The summed E-state index contributed by atoms with van der Waals surface area (Å²) in [6.07, 6.45) is 7.29. The predicted octanol–water partition coefficient (Wildman–Crippen LogP) is 3.72. The van der Waals surface area contributed by atoms with Crippen LogP contribution >= 0.6 is 0 Å². The van der Waals surface area contributed by atoms with E-state index in [2.05, 4.69) is 39.8 Å². The van der Waals surface area contributed by atoms with Crippen molar-refractivity contribution in [2.75, 3.05) is 19.7 Å². The first-order valence-corrected chi connectivity index (χ1v) is 15.6. The number of benzene rings is 1. The van der Waals surface area contributed by atoms with Crippen LogP contribution in [0.5, 0.6) is 0 Å². The molecule has 1 aromatic rings. The van der Waals surface area contributed by atoms with Crippen LogP contribution in [0, 0.1) is 0 Å². The number of carbonyl (C=O) groups excluding carboxylic acids is 3. The van der Waals surface area contributed by atoms with Gasteiger partial charge in [0.1, 0.15) is 17.7 Å². The number of rotatable bonds is 6. The molecule has 5 fully saturated rings. The first-order chi connectivity index (χ1) is 19.6. The highest BCUT2D eigenvalue weighted by molar-refractivity contribution is 5.93. The molecule has 224 valence electrons.